The Morgan fingerprint density at radius 2 is 2.11 bits per heavy atom. The largest absolute Gasteiger partial charge is 0.391 e. The van der Waals surface area contributed by atoms with Crippen LogP contribution < -0.4 is 10.6 Å². The number of rotatable bonds is 6. The fourth-order valence-electron chi connectivity index (χ4n) is 2.94. The van der Waals surface area contributed by atoms with Crippen LogP contribution in [0.4, 0.5) is 5.69 Å². The summed E-state index contributed by atoms with van der Waals surface area (Å²) in [6, 6.07) is 9.14. The van der Waals surface area contributed by atoms with Crippen molar-refractivity contribution < 1.29 is 14.7 Å². The third-order valence-electron chi connectivity index (χ3n) is 5.07. The van der Waals surface area contributed by atoms with Gasteiger partial charge in [-0.25, -0.2) is 0 Å². The molecule has 146 valence electrons. The van der Waals surface area contributed by atoms with E-state index in [2.05, 4.69) is 16.7 Å². The number of β-amino-alcohol motifs (C(OH)–C–C–N with tert-alkyl or cyclic N) is 1. The van der Waals surface area contributed by atoms with E-state index in [1.54, 1.807) is 36.1 Å². The van der Waals surface area contributed by atoms with Gasteiger partial charge in [-0.1, -0.05) is 26.0 Å². The van der Waals surface area contributed by atoms with E-state index in [-0.39, 0.29) is 24.3 Å². The van der Waals surface area contributed by atoms with E-state index < -0.39 is 11.6 Å². The molecule has 1 aromatic rings. The number of nitriles is 1. The number of anilines is 1. The second kappa shape index (κ2) is 8.87. The second-order valence-corrected chi connectivity index (χ2v) is 7.46. The van der Waals surface area contributed by atoms with Gasteiger partial charge in [-0.2, -0.15) is 5.26 Å². The zero-order valence-corrected chi connectivity index (χ0v) is 16.2. The number of hydrogen-bond acceptors (Lipinski definition) is 5. The number of amides is 2. The van der Waals surface area contributed by atoms with Crippen LogP contribution >= 0.6 is 0 Å². The Morgan fingerprint density at radius 1 is 1.41 bits per heavy atom. The van der Waals surface area contributed by atoms with Crippen LogP contribution in [0.5, 0.6) is 0 Å². The van der Waals surface area contributed by atoms with Gasteiger partial charge in [-0.15, -0.1) is 0 Å². The third-order valence-corrected chi connectivity index (χ3v) is 5.07. The lowest BCUT2D eigenvalue weighted by atomic mass is 9.90. The SMILES string of the molecule is CC(C)C(C)(C#N)NC(=O)CNc1ccccc1C(=O)N1CCCC(O)C1. The molecular formula is C20H28N4O3. The van der Waals surface area contributed by atoms with E-state index in [1.165, 1.54) is 0 Å². The molecule has 2 unspecified atom stereocenters. The molecule has 2 rings (SSSR count). The van der Waals surface area contributed by atoms with Gasteiger partial charge in [0.1, 0.15) is 5.54 Å². The Morgan fingerprint density at radius 3 is 2.74 bits per heavy atom. The van der Waals surface area contributed by atoms with Crippen molar-refractivity contribution >= 4 is 17.5 Å². The van der Waals surface area contributed by atoms with Gasteiger partial charge in [0.05, 0.1) is 24.3 Å². The van der Waals surface area contributed by atoms with Crippen molar-refractivity contribution in [2.24, 2.45) is 5.92 Å². The molecule has 3 N–H and O–H groups in total. The van der Waals surface area contributed by atoms with E-state index in [1.807, 2.05) is 13.8 Å². The van der Waals surface area contributed by atoms with Crippen LogP contribution in [-0.2, 0) is 4.79 Å². The number of piperidine rings is 1. The number of carbonyl (C=O) groups is 2. The summed E-state index contributed by atoms with van der Waals surface area (Å²) in [4.78, 5) is 26.7. The van der Waals surface area contributed by atoms with Crippen LogP contribution in [0.3, 0.4) is 0 Å². The first-order valence-electron chi connectivity index (χ1n) is 9.29. The molecule has 2 amide bonds. The van der Waals surface area contributed by atoms with E-state index in [0.717, 1.165) is 6.42 Å². The summed E-state index contributed by atoms with van der Waals surface area (Å²) in [7, 11) is 0. The Balaban J connectivity index is 2.05. The average molecular weight is 372 g/mol. The summed E-state index contributed by atoms with van der Waals surface area (Å²) in [5.41, 5.74) is 0.0742. The van der Waals surface area contributed by atoms with Crippen molar-refractivity contribution in [1.29, 1.82) is 5.26 Å². The normalized spacial score (nSPS) is 19.1. The Labute approximate surface area is 160 Å². The smallest absolute Gasteiger partial charge is 0.256 e. The molecule has 27 heavy (non-hydrogen) atoms. The molecule has 0 saturated carbocycles. The third kappa shape index (κ3) is 5.20. The van der Waals surface area contributed by atoms with Gasteiger partial charge < -0.3 is 20.6 Å². The number of para-hydroxylation sites is 1. The predicted molar refractivity (Wildman–Crippen MR) is 103 cm³/mol. The van der Waals surface area contributed by atoms with E-state index in [0.29, 0.717) is 30.8 Å². The van der Waals surface area contributed by atoms with Crippen molar-refractivity contribution in [3.05, 3.63) is 29.8 Å². The number of likely N-dealkylation sites (tertiary alicyclic amines) is 1. The highest BCUT2D eigenvalue weighted by atomic mass is 16.3. The number of nitrogens with one attached hydrogen (secondary N) is 2. The first-order chi connectivity index (χ1) is 12.8. The van der Waals surface area contributed by atoms with Crippen LogP contribution in [0.1, 0.15) is 44.0 Å². The molecule has 1 aromatic carbocycles. The topological polar surface area (TPSA) is 105 Å². The molecule has 0 radical (unpaired) electrons. The lowest BCUT2D eigenvalue weighted by molar-refractivity contribution is -0.121. The molecule has 7 nitrogen and oxygen atoms in total. The van der Waals surface area contributed by atoms with E-state index in [9.17, 15) is 20.0 Å². The molecule has 0 aliphatic carbocycles. The van der Waals surface area contributed by atoms with Gasteiger partial charge >= 0.3 is 0 Å². The number of carbonyl (C=O) groups excluding carboxylic acids is 2. The van der Waals surface area contributed by atoms with Crippen molar-refractivity contribution in [1.82, 2.24) is 10.2 Å². The predicted octanol–water partition coefficient (Wildman–Crippen LogP) is 1.75. The second-order valence-electron chi connectivity index (χ2n) is 7.46. The number of benzene rings is 1. The molecule has 0 aromatic heterocycles. The van der Waals surface area contributed by atoms with Crippen LogP contribution in [-0.4, -0.2) is 53.1 Å². The van der Waals surface area contributed by atoms with E-state index in [4.69, 9.17) is 0 Å². The summed E-state index contributed by atoms with van der Waals surface area (Å²) < 4.78 is 0. The summed E-state index contributed by atoms with van der Waals surface area (Å²) in [5, 5.41) is 24.9. The van der Waals surface area contributed by atoms with Crippen molar-refractivity contribution in [2.75, 3.05) is 25.0 Å². The van der Waals surface area contributed by atoms with Gasteiger partial charge in [0, 0.05) is 18.8 Å². The minimum Gasteiger partial charge on any atom is -0.391 e. The molecule has 1 fully saturated rings. The minimum absolute atomic E-state index is 0.0363. The zero-order chi connectivity index (χ0) is 20.0. The molecule has 2 atom stereocenters. The highest BCUT2D eigenvalue weighted by Crippen LogP contribution is 2.20. The van der Waals surface area contributed by atoms with Crippen LogP contribution in [0.25, 0.3) is 0 Å². The summed E-state index contributed by atoms with van der Waals surface area (Å²) in [5.74, 6) is -0.518. The molecular weight excluding hydrogens is 344 g/mol. The molecule has 1 saturated heterocycles. The number of nitrogens with zero attached hydrogens (tertiary/aromatic N) is 2. The van der Waals surface area contributed by atoms with Gasteiger partial charge in [0.25, 0.3) is 5.91 Å². The molecule has 1 heterocycles. The number of aliphatic hydroxyl groups is 1. The highest BCUT2D eigenvalue weighted by molar-refractivity contribution is 6.00. The van der Waals surface area contributed by atoms with Crippen molar-refractivity contribution in [3.63, 3.8) is 0 Å². The zero-order valence-electron chi connectivity index (χ0n) is 16.2. The van der Waals surface area contributed by atoms with Crippen molar-refractivity contribution in [2.45, 2.75) is 45.3 Å². The minimum atomic E-state index is -0.946. The van der Waals surface area contributed by atoms with Gasteiger partial charge in [-0.3, -0.25) is 9.59 Å². The monoisotopic (exact) mass is 372 g/mol. The first kappa shape index (κ1) is 20.7. The summed E-state index contributed by atoms with van der Waals surface area (Å²) in [6.45, 7) is 6.32. The molecule has 0 spiro atoms. The molecule has 7 heteroatoms. The molecule has 1 aliphatic rings. The van der Waals surface area contributed by atoms with Gasteiger partial charge in [-0.05, 0) is 37.8 Å². The summed E-state index contributed by atoms with van der Waals surface area (Å²) in [6.07, 6.45) is 0.984. The highest BCUT2D eigenvalue weighted by Gasteiger charge is 2.30. The maximum Gasteiger partial charge on any atom is 0.256 e. The van der Waals surface area contributed by atoms with Gasteiger partial charge in [0.15, 0.2) is 0 Å². The Hall–Kier alpha value is -2.59. The van der Waals surface area contributed by atoms with E-state index >= 15 is 0 Å². The standard InChI is InChI=1S/C20H28N4O3/c1-14(2)20(3,13-21)23-18(26)11-22-17-9-5-4-8-16(17)19(27)24-10-6-7-15(25)12-24/h4-5,8-9,14-15,22,25H,6-7,10-12H2,1-3H3,(H,23,26). The average Bonchev–Trinajstić information content (AvgIpc) is 2.65. The van der Waals surface area contributed by atoms with Crippen LogP contribution in [0.2, 0.25) is 0 Å². The number of hydrogen-bond donors (Lipinski definition) is 3. The van der Waals surface area contributed by atoms with Crippen molar-refractivity contribution in [3.8, 4) is 6.07 Å². The van der Waals surface area contributed by atoms with Gasteiger partial charge in [0.2, 0.25) is 5.91 Å². The summed E-state index contributed by atoms with van der Waals surface area (Å²) >= 11 is 0. The molecule has 1 aliphatic heterocycles. The van der Waals surface area contributed by atoms with Crippen LogP contribution in [0, 0.1) is 17.2 Å². The maximum absolute atomic E-state index is 12.8. The lowest BCUT2D eigenvalue weighted by Gasteiger charge is -2.30. The number of aliphatic hydroxyl groups excluding tert-OH is 1. The quantitative estimate of drug-likeness (QED) is 0.705. The van der Waals surface area contributed by atoms with Crippen LogP contribution in [0.15, 0.2) is 24.3 Å². The molecule has 0 bridgehead atoms. The maximum atomic E-state index is 12.8. The lowest BCUT2D eigenvalue weighted by Crippen LogP contribution is -2.50. The fourth-order valence-corrected chi connectivity index (χ4v) is 2.94. The fraction of sp³-hybridized carbons (Fsp3) is 0.550. The Bertz CT molecular complexity index is 728. The Kier molecular flexibility index (Phi) is 6.81. The first-order valence-corrected chi connectivity index (χ1v) is 9.29.